The summed E-state index contributed by atoms with van der Waals surface area (Å²) in [7, 11) is 3.95. The lowest BCUT2D eigenvalue weighted by Gasteiger charge is -2.23. The molecule has 7 heteroatoms. The van der Waals surface area contributed by atoms with Crippen molar-refractivity contribution in [3.05, 3.63) is 59.1 Å². The average molecular weight is 413 g/mol. The van der Waals surface area contributed by atoms with E-state index in [1.165, 1.54) is 4.90 Å². The van der Waals surface area contributed by atoms with Crippen LogP contribution in [-0.4, -0.2) is 55.0 Å². The molecule has 3 rings (SSSR count). The average Bonchev–Trinajstić information content (AvgIpc) is 3.21. The Kier molecular flexibility index (Phi) is 6.31. The Morgan fingerprint density at radius 3 is 2.37 bits per heavy atom. The van der Waals surface area contributed by atoms with Crippen molar-refractivity contribution in [3.63, 3.8) is 0 Å². The fourth-order valence-electron chi connectivity index (χ4n) is 3.47. The van der Waals surface area contributed by atoms with Crippen LogP contribution < -0.4 is 9.64 Å². The summed E-state index contributed by atoms with van der Waals surface area (Å²) in [6.45, 7) is 6.68. The second-order valence-electron chi connectivity index (χ2n) is 8.09. The van der Waals surface area contributed by atoms with E-state index in [1.807, 2.05) is 27.9 Å². The molecule has 1 atom stereocenters. The van der Waals surface area contributed by atoms with Gasteiger partial charge in [0.2, 0.25) is 0 Å². The lowest BCUT2D eigenvalue weighted by atomic mass is 9.99. The number of carbonyl (C=O) groups is 2. The number of likely N-dealkylation sites (tertiary alicyclic amines) is 1. The Morgan fingerprint density at radius 2 is 1.83 bits per heavy atom. The van der Waals surface area contributed by atoms with Crippen LogP contribution in [0.5, 0.6) is 5.75 Å². The van der Waals surface area contributed by atoms with Gasteiger partial charge in [-0.25, -0.2) is 0 Å². The number of hydrogen-bond donors (Lipinski definition) is 2. The number of carbonyl (C=O) groups excluding carboxylic acids is 2. The largest absolute Gasteiger partial charge is 0.507 e. The number of Topliss-reactive ketones (excluding diaryl/α,β-unsaturated/α-hetero) is 1. The van der Waals surface area contributed by atoms with E-state index in [0.717, 1.165) is 4.90 Å². The van der Waals surface area contributed by atoms with Crippen molar-refractivity contribution < 1.29 is 28.7 Å². The number of furan rings is 1. The Morgan fingerprint density at radius 1 is 1.17 bits per heavy atom. The van der Waals surface area contributed by atoms with Crippen molar-refractivity contribution in [2.75, 3.05) is 27.2 Å². The predicted molar refractivity (Wildman–Crippen MR) is 112 cm³/mol. The number of nitrogens with one attached hydrogen (secondary N) is 1. The van der Waals surface area contributed by atoms with Crippen LogP contribution in [0.2, 0.25) is 0 Å². The van der Waals surface area contributed by atoms with Crippen LogP contribution in [0, 0.1) is 6.92 Å². The highest BCUT2D eigenvalue weighted by molar-refractivity contribution is 6.46. The lowest BCUT2D eigenvalue weighted by Crippen LogP contribution is -3.06. The van der Waals surface area contributed by atoms with Crippen molar-refractivity contribution in [3.8, 4) is 5.75 Å². The van der Waals surface area contributed by atoms with Crippen molar-refractivity contribution in [1.82, 2.24) is 4.90 Å². The molecule has 0 radical (unpaired) electrons. The maximum Gasteiger partial charge on any atom is 0.295 e. The number of quaternary nitrogens is 1. The second kappa shape index (κ2) is 8.75. The van der Waals surface area contributed by atoms with Crippen LogP contribution in [-0.2, 0) is 9.59 Å². The van der Waals surface area contributed by atoms with Crippen molar-refractivity contribution >= 4 is 17.4 Å². The molecule has 30 heavy (non-hydrogen) atoms. The van der Waals surface area contributed by atoms with Crippen LogP contribution >= 0.6 is 0 Å². The molecule has 1 aliphatic heterocycles. The Labute approximate surface area is 176 Å². The van der Waals surface area contributed by atoms with E-state index in [1.54, 1.807) is 43.3 Å². The number of rotatable bonds is 7. The Bertz CT molecular complexity index is 956. The quantitative estimate of drug-likeness (QED) is 0.412. The lowest BCUT2D eigenvalue weighted by molar-refractivity contribution is -0.857. The molecule has 1 fully saturated rings. The van der Waals surface area contributed by atoms with E-state index in [0.29, 0.717) is 35.9 Å². The van der Waals surface area contributed by atoms with Crippen LogP contribution in [0.25, 0.3) is 5.76 Å². The van der Waals surface area contributed by atoms with Gasteiger partial charge in [0, 0.05) is 5.56 Å². The summed E-state index contributed by atoms with van der Waals surface area (Å²) < 4.78 is 11.4. The molecule has 1 saturated heterocycles. The van der Waals surface area contributed by atoms with Gasteiger partial charge in [-0.1, -0.05) is 0 Å². The number of nitrogens with zero attached hydrogens (tertiary/aromatic N) is 1. The fourth-order valence-corrected chi connectivity index (χ4v) is 3.47. The summed E-state index contributed by atoms with van der Waals surface area (Å²) in [5, 5.41) is 11.0. The first-order valence-electron chi connectivity index (χ1n) is 10.1. The summed E-state index contributed by atoms with van der Waals surface area (Å²) >= 11 is 0. The summed E-state index contributed by atoms with van der Waals surface area (Å²) in [6, 6.07) is 9.58. The zero-order valence-corrected chi connectivity index (χ0v) is 18.1. The molecular formula is C23H29N2O5+. The number of aliphatic hydroxyl groups excluding tert-OH is 1. The molecule has 1 amide bonds. The summed E-state index contributed by atoms with van der Waals surface area (Å²) in [6.07, 6.45) is 0.0239. The smallest absolute Gasteiger partial charge is 0.295 e. The van der Waals surface area contributed by atoms with Crippen molar-refractivity contribution in [2.24, 2.45) is 0 Å². The number of benzene rings is 1. The fraction of sp³-hybridized carbons (Fsp3) is 0.391. The van der Waals surface area contributed by atoms with Gasteiger partial charge in [-0.2, -0.15) is 0 Å². The van der Waals surface area contributed by atoms with E-state index in [2.05, 4.69) is 0 Å². The molecule has 0 unspecified atom stereocenters. The minimum absolute atomic E-state index is 0.0239. The standard InChI is InChI=1S/C23H28N2O5/c1-14(2)29-17-9-7-16(8-10-17)21(26)19-20(18-11-6-15(3)30-18)25(13-12-24(4)5)23(28)22(19)27/h6-11,14,20,26H,12-13H2,1-5H3/p+1/t20-/m1/s1. The number of amides is 1. The zero-order chi connectivity index (χ0) is 22.0. The van der Waals surface area contributed by atoms with Gasteiger partial charge >= 0.3 is 0 Å². The highest BCUT2D eigenvalue weighted by Gasteiger charge is 2.47. The molecule has 2 aromatic rings. The maximum atomic E-state index is 12.9. The van der Waals surface area contributed by atoms with Crippen LogP contribution in [0.15, 0.2) is 46.4 Å². The monoisotopic (exact) mass is 413 g/mol. The molecule has 2 heterocycles. The number of aryl methyl sites for hydroxylation is 1. The number of hydrogen-bond acceptors (Lipinski definition) is 5. The Hall–Kier alpha value is -3.06. The minimum Gasteiger partial charge on any atom is -0.507 e. The topological polar surface area (TPSA) is 84.4 Å². The van der Waals surface area contributed by atoms with Gasteiger partial charge in [0.1, 0.15) is 29.1 Å². The van der Waals surface area contributed by atoms with Crippen molar-refractivity contribution in [1.29, 1.82) is 0 Å². The molecule has 0 aliphatic carbocycles. The van der Waals surface area contributed by atoms with Gasteiger partial charge in [0.25, 0.3) is 11.7 Å². The van der Waals surface area contributed by atoms with E-state index in [-0.39, 0.29) is 17.4 Å². The van der Waals surface area contributed by atoms with Gasteiger partial charge in [-0.15, -0.1) is 0 Å². The highest BCUT2D eigenvalue weighted by Crippen LogP contribution is 2.39. The highest BCUT2D eigenvalue weighted by atomic mass is 16.5. The molecule has 1 aromatic heterocycles. The third-order valence-electron chi connectivity index (χ3n) is 4.92. The van der Waals surface area contributed by atoms with E-state index < -0.39 is 17.7 Å². The van der Waals surface area contributed by atoms with Gasteiger partial charge in [-0.3, -0.25) is 9.59 Å². The van der Waals surface area contributed by atoms with Gasteiger partial charge in [0.05, 0.1) is 38.9 Å². The molecule has 2 N–H and O–H groups in total. The minimum atomic E-state index is -0.760. The molecule has 0 saturated carbocycles. The summed E-state index contributed by atoms with van der Waals surface area (Å²) in [5.74, 6) is 0.238. The van der Waals surface area contributed by atoms with Crippen LogP contribution in [0.3, 0.4) is 0 Å². The number of ketones is 1. The molecule has 160 valence electrons. The van der Waals surface area contributed by atoms with Crippen LogP contribution in [0.4, 0.5) is 0 Å². The molecule has 7 nitrogen and oxygen atoms in total. The Balaban J connectivity index is 2.04. The van der Waals surface area contributed by atoms with E-state index in [4.69, 9.17) is 9.15 Å². The van der Waals surface area contributed by atoms with E-state index in [9.17, 15) is 14.7 Å². The van der Waals surface area contributed by atoms with Crippen molar-refractivity contribution in [2.45, 2.75) is 32.9 Å². The molecule has 1 aromatic carbocycles. The third kappa shape index (κ3) is 4.41. The second-order valence-corrected chi connectivity index (χ2v) is 8.09. The van der Waals surface area contributed by atoms with Crippen LogP contribution in [0.1, 0.15) is 37.0 Å². The van der Waals surface area contributed by atoms with Gasteiger partial charge < -0.3 is 24.1 Å². The molecule has 0 bridgehead atoms. The molecule has 0 spiro atoms. The summed E-state index contributed by atoms with van der Waals surface area (Å²) in [5.41, 5.74) is 0.483. The number of likely N-dealkylation sites (N-methyl/N-ethyl adjacent to an activating group) is 1. The third-order valence-corrected chi connectivity index (χ3v) is 4.92. The normalized spacial score (nSPS) is 18.6. The SMILES string of the molecule is Cc1ccc([C@@H]2C(=C(O)c3ccc(OC(C)C)cc3)C(=O)C(=O)N2CC[NH+](C)C)o1. The number of ether oxygens (including phenoxy) is 1. The molecular weight excluding hydrogens is 384 g/mol. The summed E-state index contributed by atoms with van der Waals surface area (Å²) in [4.78, 5) is 28.3. The maximum absolute atomic E-state index is 12.9. The van der Waals surface area contributed by atoms with Gasteiger partial charge in [-0.05, 0) is 57.2 Å². The first kappa shape index (κ1) is 21.6. The number of aliphatic hydroxyl groups is 1. The molecule has 1 aliphatic rings. The van der Waals surface area contributed by atoms with Gasteiger partial charge in [0.15, 0.2) is 0 Å². The first-order chi connectivity index (χ1) is 14.2. The zero-order valence-electron chi connectivity index (χ0n) is 18.1. The predicted octanol–water partition coefficient (Wildman–Crippen LogP) is 1.94. The first-order valence-corrected chi connectivity index (χ1v) is 10.1. The van der Waals surface area contributed by atoms with E-state index >= 15 is 0 Å².